The highest BCUT2D eigenvalue weighted by atomic mass is 32.2. The maximum absolute atomic E-state index is 12.1. The van der Waals surface area contributed by atoms with E-state index >= 15 is 0 Å². The number of imidazole rings is 1. The molecule has 1 heterocycles. The number of allylic oxidation sites excluding steroid dienone is 1. The topological polar surface area (TPSA) is 82.2 Å². The third-order valence-corrected chi connectivity index (χ3v) is 3.54. The van der Waals surface area contributed by atoms with Gasteiger partial charge in [-0.15, -0.1) is 11.8 Å². The van der Waals surface area contributed by atoms with Crippen molar-refractivity contribution in [2.75, 3.05) is 12.8 Å². The van der Waals surface area contributed by atoms with Crippen molar-refractivity contribution in [1.29, 1.82) is 0 Å². The van der Waals surface area contributed by atoms with Crippen LogP contribution in [0.2, 0.25) is 0 Å². The molecule has 1 aromatic carbocycles. The number of halogens is 1. The van der Waals surface area contributed by atoms with Gasteiger partial charge in [0.15, 0.2) is 0 Å². The second kappa shape index (κ2) is 15.4. The lowest BCUT2D eigenvalue weighted by atomic mass is 10.2. The molecule has 0 saturated carbocycles. The monoisotopic (exact) mass is 403 g/mol. The number of hydrogen-bond acceptors (Lipinski definition) is 5. The van der Waals surface area contributed by atoms with Crippen molar-refractivity contribution >= 4 is 30.6 Å². The zero-order valence-electron chi connectivity index (χ0n) is 16.8. The van der Waals surface area contributed by atoms with E-state index in [9.17, 15) is 4.39 Å². The number of nitrogens with zero attached hydrogens (tertiary/aromatic N) is 3. The molecule has 4 N–H and O–H groups in total. The first-order valence-electron chi connectivity index (χ1n) is 8.56. The van der Waals surface area contributed by atoms with E-state index in [4.69, 9.17) is 11.5 Å². The Labute approximate surface area is 171 Å². The molecule has 0 fully saturated rings. The molecule has 5 nitrogen and oxygen atoms in total. The minimum Gasteiger partial charge on any atom is -0.402 e. The van der Waals surface area contributed by atoms with Gasteiger partial charge >= 0.3 is 0 Å². The molecule has 152 valence electrons. The summed E-state index contributed by atoms with van der Waals surface area (Å²) >= 11 is 1.61. The average molecular weight is 404 g/mol. The van der Waals surface area contributed by atoms with Gasteiger partial charge in [0.2, 0.25) is 0 Å². The first-order valence-corrected chi connectivity index (χ1v) is 9.85. The largest absolute Gasteiger partial charge is 0.402 e. The van der Waals surface area contributed by atoms with Crippen LogP contribution in [0.25, 0.3) is 12.2 Å². The first-order chi connectivity index (χ1) is 13.4. The molecule has 0 bridgehead atoms. The van der Waals surface area contributed by atoms with Crippen molar-refractivity contribution in [1.82, 2.24) is 9.55 Å². The lowest BCUT2D eigenvalue weighted by Gasteiger charge is -2.03. The predicted octanol–water partition coefficient (Wildman–Crippen LogP) is 4.46. The van der Waals surface area contributed by atoms with E-state index in [1.807, 2.05) is 36.2 Å². The Morgan fingerprint density at radius 2 is 2.00 bits per heavy atom. The average Bonchev–Trinajstić information content (AvgIpc) is 3.05. The SMILES string of the molecule is C=Cc1ncn(CCN)c1/C=C(\C)N.C=N/C=C\SC.Cc1ccc(F)cc1. The van der Waals surface area contributed by atoms with Crippen LogP contribution in [0.15, 0.2) is 59.5 Å². The van der Waals surface area contributed by atoms with Gasteiger partial charge in [0.25, 0.3) is 0 Å². The normalized spacial score (nSPS) is 10.5. The molecule has 0 aliphatic rings. The zero-order chi connectivity index (χ0) is 21.4. The van der Waals surface area contributed by atoms with Crippen LogP contribution in [0.1, 0.15) is 23.9 Å². The summed E-state index contributed by atoms with van der Waals surface area (Å²) in [5.41, 5.74) is 14.7. The smallest absolute Gasteiger partial charge is 0.123 e. The van der Waals surface area contributed by atoms with E-state index in [2.05, 4.69) is 23.3 Å². The van der Waals surface area contributed by atoms with E-state index in [0.29, 0.717) is 6.54 Å². The highest BCUT2D eigenvalue weighted by Gasteiger charge is 2.04. The van der Waals surface area contributed by atoms with Crippen LogP contribution >= 0.6 is 11.8 Å². The van der Waals surface area contributed by atoms with Gasteiger partial charge in [0.1, 0.15) is 5.82 Å². The van der Waals surface area contributed by atoms with Crippen LogP contribution in [-0.2, 0) is 6.54 Å². The van der Waals surface area contributed by atoms with E-state index in [0.717, 1.165) is 29.2 Å². The maximum Gasteiger partial charge on any atom is 0.123 e. The standard InChI is InChI=1S/C10H16N4.C7H7F.C4H7NS/c1-3-9-10(6-8(2)12)14(5-4-11)7-13-9;1-6-2-4-7(8)5-3-6;1-5-3-4-6-2/h3,6-7H,1,4-5,11-12H2,2H3;2-5H,1H3;3-4H,1H2,2H3/b8-6+;;4-3-. The Kier molecular flexibility index (Phi) is 14.0. The van der Waals surface area contributed by atoms with Crippen LogP contribution in [0.4, 0.5) is 4.39 Å². The Bertz CT molecular complexity index is 739. The van der Waals surface area contributed by atoms with Crippen LogP contribution in [0.3, 0.4) is 0 Å². The lowest BCUT2D eigenvalue weighted by molar-refractivity contribution is 0.627. The van der Waals surface area contributed by atoms with Gasteiger partial charge in [0.05, 0.1) is 17.7 Å². The maximum atomic E-state index is 12.1. The molecule has 0 unspecified atom stereocenters. The van der Waals surface area contributed by atoms with Crippen LogP contribution in [0.5, 0.6) is 0 Å². The molecule has 2 rings (SSSR count). The highest BCUT2D eigenvalue weighted by molar-refractivity contribution is 8.01. The van der Waals surface area contributed by atoms with Crippen LogP contribution in [-0.4, -0.2) is 29.1 Å². The van der Waals surface area contributed by atoms with Crippen molar-refractivity contribution in [3.63, 3.8) is 0 Å². The van der Waals surface area contributed by atoms with Gasteiger partial charge in [0, 0.05) is 25.0 Å². The predicted molar refractivity (Wildman–Crippen MR) is 123 cm³/mol. The second-order valence-electron chi connectivity index (χ2n) is 5.59. The number of thioether (sulfide) groups is 1. The summed E-state index contributed by atoms with van der Waals surface area (Å²) in [7, 11) is 0. The number of nitrogens with two attached hydrogens (primary N) is 2. The Morgan fingerprint density at radius 3 is 2.39 bits per heavy atom. The number of aliphatic imine (C=N–C) groups is 1. The van der Waals surface area contributed by atoms with E-state index in [1.54, 1.807) is 42.5 Å². The third kappa shape index (κ3) is 11.2. The summed E-state index contributed by atoms with van der Waals surface area (Å²) in [4.78, 5) is 7.67. The summed E-state index contributed by atoms with van der Waals surface area (Å²) in [6.45, 7) is 12.0. The van der Waals surface area contributed by atoms with Gasteiger partial charge in [-0.05, 0) is 56.5 Å². The number of aryl methyl sites for hydroxylation is 1. The van der Waals surface area contributed by atoms with Crippen molar-refractivity contribution in [3.8, 4) is 0 Å². The molecule has 0 saturated heterocycles. The number of hydrogen-bond donors (Lipinski definition) is 2. The summed E-state index contributed by atoms with van der Waals surface area (Å²) < 4.78 is 14.1. The lowest BCUT2D eigenvalue weighted by Crippen LogP contribution is -2.10. The first kappa shape index (κ1) is 25.4. The number of benzene rings is 1. The van der Waals surface area contributed by atoms with Crippen molar-refractivity contribution < 1.29 is 4.39 Å². The van der Waals surface area contributed by atoms with Gasteiger partial charge < -0.3 is 16.0 Å². The third-order valence-electron chi connectivity index (χ3n) is 3.15. The molecule has 2 aromatic rings. The Balaban J connectivity index is 0.000000439. The molecule has 0 amide bonds. The van der Waals surface area contributed by atoms with Crippen LogP contribution < -0.4 is 11.5 Å². The van der Waals surface area contributed by atoms with Crippen molar-refractivity contribution in [2.45, 2.75) is 20.4 Å². The summed E-state index contributed by atoms with van der Waals surface area (Å²) in [6.07, 6.45) is 8.96. The number of aromatic nitrogens is 2. The molecular weight excluding hydrogens is 373 g/mol. The van der Waals surface area contributed by atoms with E-state index in [-0.39, 0.29) is 5.82 Å². The molecule has 0 atom stereocenters. The molecule has 0 aliphatic heterocycles. The molecule has 0 spiro atoms. The Morgan fingerprint density at radius 1 is 1.36 bits per heavy atom. The van der Waals surface area contributed by atoms with Gasteiger partial charge in [-0.3, -0.25) is 4.99 Å². The number of rotatable bonds is 6. The zero-order valence-corrected chi connectivity index (χ0v) is 17.6. The quantitative estimate of drug-likeness (QED) is 0.698. The summed E-state index contributed by atoms with van der Waals surface area (Å²) in [5.74, 6) is -0.171. The molecule has 28 heavy (non-hydrogen) atoms. The van der Waals surface area contributed by atoms with E-state index in [1.165, 1.54) is 12.1 Å². The van der Waals surface area contributed by atoms with Gasteiger partial charge in [-0.1, -0.05) is 24.3 Å². The van der Waals surface area contributed by atoms with Crippen molar-refractivity contribution in [3.05, 3.63) is 77.2 Å². The second-order valence-corrected chi connectivity index (χ2v) is 6.33. The molecule has 0 radical (unpaired) electrons. The molecule has 7 heteroatoms. The minimum absolute atomic E-state index is 0.171. The highest BCUT2D eigenvalue weighted by Crippen LogP contribution is 2.12. The fourth-order valence-corrected chi connectivity index (χ4v) is 2.10. The summed E-state index contributed by atoms with van der Waals surface area (Å²) in [6, 6.07) is 6.40. The van der Waals surface area contributed by atoms with Gasteiger partial charge in [-0.25, -0.2) is 9.37 Å². The van der Waals surface area contributed by atoms with Crippen molar-refractivity contribution in [2.24, 2.45) is 16.5 Å². The minimum atomic E-state index is -0.171. The van der Waals surface area contributed by atoms with E-state index < -0.39 is 0 Å². The van der Waals surface area contributed by atoms with Crippen LogP contribution in [0, 0.1) is 12.7 Å². The molecule has 1 aromatic heterocycles. The Hall–Kier alpha value is -2.64. The fourth-order valence-electron chi connectivity index (χ4n) is 1.89. The molecular formula is C21H30FN5S. The molecule has 0 aliphatic carbocycles. The van der Waals surface area contributed by atoms with Gasteiger partial charge in [-0.2, -0.15) is 0 Å². The summed E-state index contributed by atoms with van der Waals surface area (Å²) in [5, 5.41) is 1.87. The fraction of sp³-hybridized carbons (Fsp3) is 0.238.